The Morgan fingerprint density at radius 2 is 2.11 bits per heavy atom. The van der Waals surface area contributed by atoms with Crippen molar-refractivity contribution in [1.82, 2.24) is 0 Å². The summed E-state index contributed by atoms with van der Waals surface area (Å²) in [5.74, 6) is -2.46. The van der Waals surface area contributed by atoms with E-state index in [1.165, 1.54) is 6.07 Å². The van der Waals surface area contributed by atoms with Crippen molar-refractivity contribution in [3.8, 4) is 0 Å². The molecule has 6 heteroatoms. The predicted molar refractivity (Wildman–Crippen MR) is 102 cm³/mol. The Morgan fingerprint density at radius 1 is 1.29 bits per heavy atom. The molecule has 0 radical (unpaired) electrons. The standard InChI is InChI=1S/C22H24FNO4/c1-13-19(22(26)28-12-14-6-5-11-27-14)20(15-7-2-3-8-16(15)23)21-17(24-13)9-4-10-18(21)25/h2-3,7-8,14,19-20H,4-6,9-12H2,1H3/t14-,19?,20-/m0/s1. The van der Waals surface area contributed by atoms with Gasteiger partial charge in [0, 0.05) is 35.9 Å². The molecule has 1 aliphatic carbocycles. The first-order valence-electron chi connectivity index (χ1n) is 9.90. The van der Waals surface area contributed by atoms with Crippen LogP contribution in [0, 0.1) is 11.7 Å². The average Bonchev–Trinajstić information content (AvgIpc) is 3.19. The molecule has 2 heterocycles. The second-order valence-electron chi connectivity index (χ2n) is 7.63. The maximum Gasteiger partial charge on any atom is 0.315 e. The Hall–Kier alpha value is -2.34. The monoisotopic (exact) mass is 385 g/mol. The van der Waals surface area contributed by atoms with E-state index in [1.807, 2.05) is 0 Å². The van der Waals surface area contributed by atoms with Gasteiger partial charge in [-0.2, -0.15) is 0 Å². The number of benzene rings is 1. The number of allylic oxidation sites excluding steroid dienone is 2. The minimum atomic E-state index is -0.806. The number of carbonyl (C=O) groups excluding carboxylic acids is 2. The van der Waals surface area contributed by atoms with E-state index in [0.717, 1.165) is 19.3 Å². The van der Waals surface area contributed by atoms with Crippen molar-refractivity contribution in [2.45, 2.75) is 51.0 Å². The predicted octanol–water partition coefficient (Wildman–Crippen LogP) is 3.73. The highest BCUT2D eigenvalue weighted by Gasteiger charge is 2.44. The van der Waals surface area contributed by atoms with Crippen molar-refractivity contribution < 1.29 is 23.5 Å². The molecule has 4 rings (SSSR count). The molecule has 0 amide bonds. The van der Waals surface area contributed by atoms with Crippen LogP contribution in [0.4, 0.5) is 4.39 Å². The van der Waals surface area contributed by atoms with Gasteiger partial charge in [-0.1, -0.05) is 18.2 Å². The van der Waals surface area contributed by atoms with Gasteiger partial charge in [-0.05, 0) is 44.2 Å². The third kappa shape index (κ3) is 3.53. The van der Waals surface area contributed by atoms with Gasteiger partial charge in [-0.15, -0.1) is 0 Å². The van der Waals surface area contributed by atoms with Crippen molar-refractivity contribution in [1.29, 1.82) is 0 Å². The maximum atomic E-state index is 14.7. The van der Waals surface area contributed by atoms with Gasteiger partial charge in [-0.25, -0.2) is 4.39 Å². The van der Waals surface area contributed by atoms with Crippen LogP contribution in [0.1, 0.15) is 50.5 Å². The summed E-state index contributed by atoms with van der Waals surface area (Å²) in [5, 5.41) is 0. The molecular formula is C22H24FNO4. The van der Waals surface area contributed by atoms with Crippen molar-refractivity contribution >= 4 is 17.5 Å². The lowest BCUT2D eigenvalue weighted by molar-refractivity contribution is -0.149. The van der Waals surface area contributed by atoms with Crippen LogP contribution in [-0.4, -0.2) is 36.8 Å². The molecule has 148 valence electrons. The molecule has 3 aliphatic rings. The molecular weight excluding hydrogens is 361 g/mol. The number of hydrogen-bond acceptors (Lipinski definition) is 5. The lowest BCUT2D eigenvalue weighted by Crippen LogP contribution is -2.38. The first-order chi connectivity index (χ1) is 13.6. The number of rotatable bonds is 4. The highest BCUT2D eigenvalue weighted by molar-refractivity contribution is 6.08. The molecule has 0 aromatic heterocycles. The van der Waals surface area contributed by atoms with Crippen LogP contribution in [0.2, 0.25) is 0 Å². The van der Waals surface area contributed by atoms with Crippen LogP contribution in [0.3, 0.4) is 0 Å². The second-order valence-corrected chi connectivity index (χ2v) is 7.63. The third-order valence-corrected chi connectivity index (χ3v) is 5.76. The number of hydrogen-bond donors (Lipinski definition) is 0. The van der Waals surface area contributed by atoms with Crippen molar-refractivity contribution in [2.24, 2.45) is 10.9 Å². The fourth-order valence-corrected chi connectivity index (χ4v) is 4.42. The zero-order valence-corrected chi connectivity index (χ0v) is 15.9. The minimum absolute atomic E-state index is 0.0531. The van der Waals surface area contributed by atoms with E-state index >= 15 is 0 Å². The van der Waals surface area contributed by atoms with Crippen molar-refractivity contribution in [3.63, 3.8) is 0 Å². The van der Waals surface area contributed by atoms with Gasteiger partial charge < -0.3 is 9.47 Å². The van der Waals surface area contributed by atoms with Crippen LogP contribution < -0.4 is 0 Å². The summed E-state index contributed by atoms with van der Waals surface area (Å²) < 4.78 is 25.8. The third-order valence-electron chi connectivity index (χ3n) is 5.76. The van der Waals surface area contributed by atoms with Crippen LogP contribution >= 0.6 is 0 Å². The lowest BCUT2D eigenvalue weighted by Gasteiger charge is -2.34. The van der Waals surface area contributed by atoms with Gasteiger partial charge in [0.2, 0.25) is 0 Å². The zero-order chi connectivity index (χ0) is 19.7. The fourth-order valence-electron chi connectivity index (χ4n) is 4.42. The lowest BCUT2D eigenvalue weighted by atomic mass is 9.71. The van der Waals surface area contributed by atoms with Crippen molar-refractivity contribution in [3.05, 3.63) is 46.9 Å². The van der Waals surface area contributed by atoms with Gasteiger partial charge in [0.25, 0.3) is 0 Å². The summed E-state index contributed by atoms with van der Waals surface area (Å²) in [6.07, 6.45) is 3.51. The van der Waals surface area contributed by atoms with E-state index in [-0.39, 0.29) is 18.5 Å². The average molecular weight is 385 g/mol. The summed E-state index contributed by atoms with van der Waals surface area (Å²) in [6, 6.07) is 6.33. The molecule has 0 saturated carbocycles. The molecule has 28 heavy (non-hydrogen) atoms. The van der Waals surface area contributed by atoms with Gasteiger partial charge in [-0.3, -0.25) is 14.6 Å². The molecule has 1 saturated heterocycles. The number of Topliss-reactive ketones (excluding diaryl/α,β-unsaturated/α-hetero) is 1. The van der Waals surface area contributed by atoms with Gasteiger partial charge >= 0.3 is 5.97 Å². The van der Waals surface area contributed by atoms with Crippen molar-refractivity contribution in [2.75, 3.05) is 13.2 Å². The smallest absolute Gasteiger partial charge is 0.315 e. The van der Waals surface area contributed by atoms with E-state index in [1.54, 1.807) is 25.1 Å². The molecule has 2 aliphatic heterocycles. The molecule has 0 N–H and O–H groups in total. The van der Waals surface area contributed by atoms with E-state index in [0.29, 0.717) is 42.0 Å². The summed E-state index contributed by atoms with van der Waals surface area (Å²) in [4.78, 5) is 30.3. The highest BCUT2D eigenvalue weighted by atomic mass is 19.1. The SMILES string of the molecule is CC1=NC2=C(C(=O)CCC2)[C@@H](c2ccccc2F)C1C(=O)OC[C@@H]1CCCO1. The number of halogens is 1. The molecule has 1 aromatic rings. The Balaban J connectivity index is 1.70. The summed E-state index contributed by atoms with van der Waals surface area (Å²) in [5.41, 5.74) is 2.07. The molecule has 1 fully saturated rings. The Bertz CT molecular complexity index is 854. The van der Waals surface area contributed by atoms with Gasteiger partial charge in [0.1, 0.15) is 18.3 Å². The first kappa shape index (κ1) is 19.0. The number of nitrogens with zero attached hydrogens (tertiary/aromatic N) is 1. The number of esters is 1. The minimum Gasteiger partial charge on any atom is -0.462 e. The second kappa shape index (κ2) is 7.95. The normalized spacial score (nSPS) is 27.4. The Kier molecular flexibility index (Phi) is 5.40. The molecule has 1 aromatic carbocycles. The number of carbonyl (C=O) groups is 2. The largest absolute Gasteiger partial charge is 0.462 e. The Morgan fingerprint density at radius 3 is 2.86 bits per heavy atom. The summed E-state index contributed by atoms with van der Waals surface area (Å²) in [6.45, 7) is 2.61. The molecule has 0 bridgehead atoms. The van der Waals surface area contributed by atoms with Gasteiger partial charge in [0.15, 0.2) is 5.78 Å². The number of aliphatic imine (C=N–C) groups is 1. The topological polar surface area (TPSA) is 65.0 Å². The fraction of sp³-hybridized carbons (Fsp3) is 0.500. The quantitative estimate of drug-likeness (QED) is 0.741. The summed E-state index contributed by atoms with van der Waals surface area (Å²) in [7, 11) is 0. The maximum absolute atomic E-state index is 14.7. The Labute approximate surface area is 163 Å². The molecule has 3 atom stereocenters. The molecule has 1 unspecified atom stereocenters. The van der Waals surface area contributed by atoms with Gasteiger partial charge in [0.05, 0.1) is 6.10 Å². The molecule has 0 spiro atoms. The number of ether oxygens (including phenoxy) is 2. The van der Waals surface area contributed by atoms with Crippen LogP contribution in [-0.2, 0) is 19.1 Å². The van der Waals surface area contributed by atoms with E-state index in [9.17, 15) is 14.0 Å². The zero-order valence-electron chi connectivity index (χ0n) is 15.9. The van der Waals surface area contributed by atoms with E-state index in [4.69, 9.17) is 9.47 Å². The molecule has 5 nitrogen and oxygen atoms in total. The van der Waals surface area contributed by atoms with Crippen LogP contribution in [0.25, 0.3) is 0 Å². The van der Waals surface area contributed by atoms with Crippen LogP contribution in [0.15, 0.2) is 40.5 Å². The van der Waals surface area contributed by atoms with E-state index in [2.05, 4.69) is 4.99 Å². The first-order valence-corrected chi connectivity index (χ1v) is 9.90. The van der Waals surface area contributed by atoms with Crippen LogP contribution in [0.5, 0.6) is 0 Å². The van der Waals surface area contributed by atoms with E-state index < -0.39 is 23.6 Å². The highest BCUT2D eigenvalue weighted by Crippen LogP contribution is 2.44. The number of ketones is 1. The summed E-state index contributed by atoms with van der Waals surface area (Å²) >= 11 is 0.